The molecule has 3 nitrogen and oxygen atoms in total. The lowest BCUT2D eigenvalue weighted by Gasteiger charge is -2.09. The Hall–Kier alpha value is -1.81. The van der Waals surface area contributed by atoms with Gasteiger partial charge in [-0.2, -0.15) is 0 Å². The van der Waals surface area contributed by atoms with E-state index in [0.717, 1.165) is 23.2 Å². The molecule has 2 aromatic rings. The van der Waals surface area contributed by atoms with Gasteiger partial charge in [-0.3, -0.25) is 4.79 Å². The number of aryl methyl sites for hydroxylation is 3. The third kappa shape index (κ3) is 3.58. The number of thiophene rings is 1. The quantitative estimate of drug-likeness (QED) is 0.837. The van der Waals surface area contributed by atoms with Crippen LogP contribution >= 0.6 is 11.3 Å². The van der Waals surface area contributed by atoms with E-state index < -0.39 is 0 Å². The van der Waals surface area contributed by atoms with Gasteiger partial charge in [0.25, 0.3) is 0 Å². The van der Waals surface area contributed by atoms with Crippen molar-refractivity contribution in [2.45, 2.75) is 26.7 Å². The van der Waals surface area contributed by atoms with Crippen molar-refractivity contribution < 1.29 is 9.90 Å². The van der Waals surface area contributed by atoms with Crippen molar-refractivity contribution in [2.75, 3.05) is 5.32 Å². The molecule has 0 saturated carbocycles. The maximum Gasteiger partial charge on any atom is 0.224 e. The second-order valence-electron chi connectivity index (χ2n) is 4.59. The van der Waals surface area contributed by atoms with Crippen molar-refractivity contribution in [1.29, 1.82) is 0 Å². The summed E-state index contributed by atoms with van der Waals surface area (Å²) in [6.45, 7) is 3.65. The van der Waals surface area contributed by atoms with E-state index in [2.05, 4.69) is 5.32 Å². The fourth-order valence-corrected chi connectivity index (χ4v) is 2.65. The summed E-state index contributed by atoms with van der Waals surface area (Å²) in [5.41, 5.74) is 2.28. The molecule has 1 heterocycles. The number of hydrogen-bond donors (Lipinski definition) is 2. The van der Waals surface area contributed by atoms with Gasteiger partial charge < -0.3 is 10.4 Å². The van der Waals surface area contributed by atoms with Crippen LogP contribution in [0.3, 0.4) is 0 Å². The van der Waals surface area contributed by atoms with Crippen molar-refractivity contribution in [2.24, 2.45) is 0 Å². The number of hydrogen-bond acceptors (Lipinski definition) is 3. The van der Waals surface area contributed by atoms with Crippen LogP contribution in [-0.4, -0.2) is 11.0 Å². The molecule has 0 aliphatic heterocycles. The fourth-order valence-electron chi connectivity index (χ4n) is 1.94. The molecule has 0 saturated heterocycles. The average molecular weight is 275 g/mol. The fraction of sp³-hybridized carbons (Fsp3) is 0.267. The molecule has 1 aromatic heterocycles. The SMILES string of the molecule is Cc1cc(NC(=O)CCc2cccs2)cc(C)c1O. The monoisotopic (exact) mass is 275 g/mol. The topological polar surface area (TPSA) is 49.3 Å². The highest BCUT2D eigenvalue weighted by atomic mass is 32.1. The summed E-state index contributed by atoms with van der Waals surface area (Å²) < 4.78 is 0. The number of phenolic OH excluding ortho intramolecular Hbond substituents is 1. The Morgan fingerprint density at radius 2 is 2.00 bits per heavy atom. The smallest absolute Gasteiger partial charge is 0.224 e. The van der Waals surface area contributed by atoms with Gasteiger partial charge in [-0.15, -0.1) is 11.3 Å². The van der Waals surface area contributed by atoms with Gasteiger partial charge in [0.05, 0.1) is 0 Å². The third-order valence-corrected chi connectivity index (χ3v) is 3.89. The summed E-state index contributed by atoms with van der Waals surface area (Å²) >= 11 is 1.67. The number of rotatable bonds is 4. The number of carbonyl (C=O) groups excluding carboxylic acids is 1. The first-order chi connectivity index (χ1) is 9.06. The number of benzene rings is 1. The summed E-state index contributed by atoms with van der Waals surface area (Å²) in [7, 11) is 0. The largest absolute Gasteiger partial charge is 0.507 e. The number of carbonyl (C=O) groups is 1. The van der Waals surface area contributed by atoms with Crippen molar-refractivity contribution in [1.82, 2.24) is 0 Å². The van der Waals surface area contributed by atoms with E-state index in [-0.39, 0.29) is 11.7 Å². The summed E-state index contributed by atoms with van der Waals surface area (Å²) in [6, 6.07) is 7.59. The first-order valence-electron chi connectivity index (χ1n) is 6.18. The van der Waals surface area contributed by atoms with Gasteiger partial charge in [0.1, 0.15) is 5.75 Å². The average Bonchev–Trinajstić information content (AvgIpc) is 2.86. The van der Waals surface area contributed by atoms with E-state index in [9.17, 15) is 9.90 Å². The number of nitrogens with one attached hydrogen (secondary N) is 1. The van der Waals surface area contributed by atoms with Crippen molar-refractivity contribution >= 4 is 22.9 Å². The Bertz CT molecular complexity index is 553. The number of amides is 1. The molecule has 4 heteroatoms. The third-order valence-electron chi connectivity index (χ3n) is 2.95. The normalized spacial score (nSPS) is 10.4. The zero-order chi connectivity index (χ0) is 13.8. The lowest BCUT2D eigenvalue weighted by atomic mass is 10.1. The number of anilines is 1. The van der Waals surface area contributed by atoms with E-state index in [1.54, 1.807) is 23.5 Å². The second-order valence-corrected chi connectivity index (χ2v) is 5.62. The first kappa shape index (κ1) is 13.6. The van der Waals surface area contributed by atoms with Crippen LogP contribution in [0, 0.1) is 13.8 Å². The molecule has 0 unspecified atom stereocenters. The van der Waals surface area contributed by atoms with E-state index in [1.807, 2.05) is 31.4 Å². The van der Waals surface area contributed by atoms with Crippen LogP contribution in [0.2, 0.25) is 0 Å². The van der Waals surface area contributed by atoms with Crippen LogP contribution in [0.15, 0.2) is 29.6 Å². The van der Waals surface area contributed by atoms with Gasteiger partial charge in [0.15, 0.2) is 0 Å². The van der Waals surface area contributed by atoms with Crippen molar-refractivity contribution in [3.05, 3.63) is 45.6 Å². The van der Waals surface area contributed by atoms with Crippen LogP contribution in [0.4, 0.5) is 5.69 Å². The molecular weight excluding hydrogens is 258 g/mol. The predicted octanol–water partition coefficient (Wildman–Crippen LogP) is 3.64. The minimum atomic E-state index is -0.00195. The molecule has 2 N–H and O–H groups in total. The minimum absolute atomic E-state index is 0.00195. The molecule has 0 radical (unpaired) electrons. The molecule has 100 valence electrons. The van der Waals surface area contributed by atoms with E-state index in [4.69, 9.17) is 0 Å². The standard InChI is InChI=1S/C15H17NO2S/c1-10-8-12(9-11(2)15(10)18)16-14(17)6-5-13-4-3-7-19-13/h3-4,7-9,18H,5-6H2,1-2H3,(H,16,17). The Labute approximate surface area is 116 Å². The van der Waals surface area contributed by atoms with Crippen LogP contribution in [0.25, 0.3) is 0 Å². The van der Waals surface area contributed by atoms with Gasteiger partial charge in [-0.1, -0.05) is 6.07 Å². The predicted molar refractivity (Wildman–Crippen MR) is 78.9 cm³/mol. The highest BCUT2D eigenvalue weighted by Gasteiger charge is 2.07. The van der Waals surface area contributed by atoms with E-state index in [1.165, 1.54) is 4.88 Å². The zero-order valence-corrected chi connectivity index (χ0v) is 11.9. The molecule has 0 spiro atoms. The molecule has 2 rings (SSSR count). The van der Waals surface area contributed by atoms with Gasteiger partial charge in [-0.05, 0) is 55.0 Å². The molecular formula is C15H17NO2S. The summed E-state index contributed by atoms with van der Waals surface area (Å²) in [4.78, 5) is 13.1. The molecule has 19 heavy (non-hydrogen) atoms. The summed E-state index contributed by atoms with van der Waals surface area (Å²) in [5, 5.41) is 14.6. The lowest BCUT2D eigenvalue weighted by molar-refractivity contribution is -0.116. The Kier molecular flexibility index (Phi) is 4.22. The van der Waals surface area contributed by atoms with Crippen molar-refractivity contribution in [3.8, 4) is 5.75 Å². The van der Waals surface area contributed by atoms with Gasteiger partial charge in [0.2, 0.25) is 5.91 Å². The molecule has 1 aromatic carbocycles. The summed E-state index contributed by atoms with van der Waals surface area (Å²) in [5.74, 6) is 0.287. The molecule has 0 atom stereocenters. The first-order valence-corrected chi connectivity index (χ1v) is 7.06. The number of phenols is 1. The molecule has 1 amide bonds. The number of aromatic hydroxyl groups is 1. The Morgan fingerprint density at radius 3 is 2.58 bits per heavy atom. The molecule has 0 aliphatic rings. The van der Waals surface area contributed by atoms with Crippen LogP contribution < -0.4 is 5.32 Å². The zero-order valence-electron chi connectivity index (χ0n) is 11.1. The maximum atomic E-state index is 11.8. The lowest BCUT2D eigenvalue weighted by Crippen LogP contribution is -2.12. The highest BCUT2D eigenvalue weighted by Crippen LogP contribution is 2.25. The van der Waals surface area contributed by atoms with Crippen LogP contribution in [-0.2, 0) is 11.2 Å². The Balaban J connectivity index is 1.95. The Morgan fingerprint density at radius 1 is 1.32 bits per heavy atom. The van der Waals surface area contributed by atoms with E-state index in [0.29, 0.717) is 6.42 Å². The highest BCUT2D eigenvalue weighted by molar-refractivity contribution is 7.09. The van der Waals surface area contributed by atoms with Gasteiger partial charge >= 0.3 is 0 Å². The van der Waals surface area contributed by atoms with Crippen LogP contribution in [0.1, 0.15) is 22.4 Å². The molecule has 0 fully saturated rings. The molecule has 0 bridgehead atoms. The van der Waals surface area contributed by atoms with Gasteiger partial charge in [0, 0.05) is 17.0 Å². The maximum absolute atomic E-state index is 11.8. The second kappa shape index (κ2) is 5.89. The molecule has 0 aliphatic carbocycles. The van der Waals surface area contributed by atoms with E-state index >= 15 is 0 Å². The summed E-state index contributed by atoms with van der Waals surface area (Å²) in [6.07, 6.45) is 1.24. The van der Waals surface area contributed by atoms with Crippen molar-refractivity contribution in [3.63, 3.8) is 0 Å². The van der Waals surface area contributed by atoms with Crippen LogP contribution in [0.5, 0.6) is 5.75 Å². The van der Waals surface area contributed by atoms with Gasteiger partial charge in [-0.25, -0.2) is 0 Å². The minimum Gasteiger partial charge on any atom is -0.507 e.